The van der Waals surface area contributed by atoms with Crippen molar-refractivity contribution in [2.75, 3.05) is 32.1 Å². The quantitative estimate of drug-likeness (QED) is 0.901. The predicted octanol–water partition coefficient (Wildman–Crippen LogP) is 0.883. The zero-order chi connectivity index (χ0) is 16.2. The Hall–Kier alpha value is -2.64. The summed E-state index contributed by atoms with van der Waals surface area (Å²) in [7, 11) is 3.19. The molecular formula is C15H20N6O2. The Morgan fingerprint density at radius 1 is 1.43 bits per heavy atom. The first kappa shape index (κ1) is 15.3. The molecular weight excluding hydrogens is 296 g/mol. The van der Waals surface area contributed by atoms with Crippen LogP contribution in [0.3, 0.4) is 0 Å². The van der Waals surface area contributed by atoms with Crippen LogP contribution in [0.15, 0.2) is 24.5 Å². The first-order valence-corrected chi connectivity index (χ1v) is 7.60. The van der Waals surface area contributed by atoms with Crippen LogP contribution in [0, 0.1) is 0 Å². The van der Waals surface area contributed by atoms with E-state index >= 15 is 0 Å². The van der Waals surface area contributed by atoms with Gasteiger partial charge < -0.3 is 15.0 Å². The third-order valence-electron chi connectivity index (χ3n) is 3.95. The van der Waals surface area contributed by atoms with Gasteiger partial charge in [0, 0.05) is 38.6 Å². The lowest BCUT2D eigenvalue weighted by atomic mass is 10.1. The summed E-state index contributed by atoms with van der Waals surface area (Å²) < 4.78 is 7.02. The zero-order valence-electron chi connectivity index (χ0n) is 13.3. The number of aromatic nitrogens is 4. The molecule has 8 heteroatoms. The van der Waals surface area contributed by atoms with Crippen LogP contribution in [-0.4, -0.2) is 52.9 Å². The van der Waals surface area contributed by atoms with Gasteiger partial charge in [0.25, 0.3) is 5.91 Å². The number of ether oxygens (including phenoxy) is 1. The van der Waals surface area contributed by atoms with Crippen LogP contribution in [0.4, 0.5) is 5.95 Å². The molecule has 122 valence electrons. The molecule has 0 aromatic carbocycles. The van der Waals surface area contributed by atoms with E-state index in [1.165, 1.54) is 0 Å². The van der Waals surface area contributed by atoms with E-state index in [2.05, 4.69) is 25.3 Å². The Kier molecular flexibility index (Phi) is 4.40. The Morgan fingerprint density at radius 3 is 3.09 bits per heavy atom. The van der Waals surface area contributed by atoms with Gasteiger partial charge in [0.05, 0.1) is 13.2 Å². The molecule has 3 heterocycles. The molecule has 1 aliphatic heterocycles. The number of amides is 1. The molecule has 0 aliphatic carbocycles. The maximum atomic E-state index is 11.6. The second-order valence-electron chi connectivity index (χ2n) is 5.40. The fraction of sp³-hybridized carbons (Fsp3) is 0.467. The second kappa shape index (κ2) is 6.64. The van der Waals surface area contributed by atoms with E-state index in [9.17, 15) is 4.79 Å². The third-order valence-corrected chi connectivity index (χ3v) is 3.95. The second-order valence-corrected chi connectivity index (χ2v) is 5.40. The molecule has 1 fully saturated rings. The number of carbonyl (C=O) groups is 1. The Morgan fingerprint density at radius 2 is 2.30 bits per heavy atom. The summed E-state index contributed by atoms with van der Waals surface area (Å²) in [5.74, 6) is 1.04. The van der Waals surface area contributed by atoms with Crippen molar-refractivity contribution >= 4 is 11.9 Å². The summed E-state index contributed by atoms with van der Waals surface area (Å²) in [4.78, 5) is 22.5. The number of nitrogens with zero attached hydrogens (tertiary/aromatic N) is 5. The van der Waals surface area contributed by atoms with Crippen LogP contribution in [0.2, 0.25) is 0 Å². The maximum absolute atomic E-state index is 11.6. The van der Waals surface area contributed by atoms with Crippen molar-refractivity contribution in [2.45, 2.75) is 18.9 Å². The van der Waals surface area contributed by atoms with E-state index in [-0.39, 0.29) is 11.9 Å². The SMILES string of the molecule is CNC(=O)c1ccn(C2CCCN(c3nccc(OC)n3)C2)n1. The molecule has 0 saturated carbocycles. The number of piperidine rings is 1. The van der Waals surface area contributed by atoms with Crippen LogP contribution in [-0.2, 0) is 0 Å². The molecule has 1 amide bonds. The standard InChI is InChI=1S/C15H20N6O2/c1-16-14(22)12-6-9-21(19-12)11-4-3-8-20(10-11)15-17-7-5-13(18-15)23-2/h5-7,9,11H,3-4,8,10H2,1-2H3,(H,16,22). The summed E-state index contributed by atoms with van der Waals surface area (Å²) in [6.07, 6.45) is 5.57. The fourth-order valence-electron chi connectivity index (χ4n) is 2.74. The molecule has 2 aromatic rings. The number of anilines is 1. The first-order valence-electron chi connectivity index (χ1n) is 7.60. The molecule has 2 aromatic heterocycles. The average molecular weight is 316 g/mol. The van der Waals surface area contributed by atoms with Gasteiger partial charge in [0.1, 0.15) is 5.69 Å². The van der Waals surface area contributed by atoms with Crippen LogP contribution >= 0.6 is 0 Å². The van der Waals surface area contributed by atoms with Gasteiger partial charge in [-0.25, -0.2) is 4.98 Å². The highest BCUT2D eigenvalue weighted by atomic mass is 16.5. The van der Waals surface area contributed by atoms with Crippen LogP contribution in [0.25, 0.3) is 0 Å². The third kappa shape index (κ3) is 3.25. The lowest BCUT2D eigenvalue weighted by molar-refractivity contribution is 0.0957. The molecule has 0 spiro atoms. The van der Waals surface area contributed by atoms with Crippen molar-refractivity contribution in [1.29, 1.82) is 0 Å². The number of hydrogen-bond donors (Lipinski definition) is 1. The molecule has 0 radical (unpaired) electrons. The van der Waals surface area contributed by atoms with Gasteiger partial charge in [-0.3, -0.25) is 9.48 Å². The van der Waals surface area contributed by atoms with Gasteiger partial charge in [-0.2, -0.15) is 10.1 Å². The topological polar surface area (TPSA) is 85.2 Å². The highest BCUT2D eigenvalue weighted by molar-refractivity contribution is 5.91. The summed E-state index contributed by atoms with van der Waals surface area (Å²) in [5, 5.41) is 6.96. The maximum Gasteiger partial charge on any atom is 0.271 e. The summed E-state index contributed by atoms with van der Waals surface area (Å²) in [5.41, 5.74) is 0.433. The summed E-state index contributed by atoms with van der Waals surface area (Å²) in [6.45, 7) is 1.65. The molecule has 1 aliphatic rings. The normalized spacial score (nSPS) is 17.8. The van der Waals surface area contributed by atoms with E-state index in [1.54, 1.807) is 32.5 Å². The summed E-state index contributed by atoms with van der Waals surface area (Å²) >= 11 is 0. The largest absolute Gasteiger partial charge is 0.481 e. The predicted molar refractivity (Wildman–Crippen MR) is 84.7 cm³/mol. The molecule has 3 rings (SSSR count). The Bertz CT molecular complexity index is 686. The van der Waals surface area contributed by atoms with Crippen LogP contribution in [0.1, 0.15) is 29.4 Å². The van der Waals surface area contributed by atoms with Gasteiger partial charge in [-0.05, 0) is 18.9 Å². The van der Waals surface area contributed by atoms with Crippen LogP contribution < -0.4 is 15.0 Å². The molecule has 1 saturated heterocycles. The number of carbonyl (C=O) groups excluding carboxylic acids is 1. The van der Waals surface area contributed by atoms with Crippen molar-refractivity contribution in [1.82, 2.24) is 25.1 Å². The van der Waals surface area contributed by atoms with Gasteiger partial charge >= 0.3 is 0 Å². The first-order chi connectivity index (χ1) is 11.2. The zero-order valence-corrected chi connectivity index (χ0v) is 13.3. The molecule has 1 unspecified atom stereocenters. The van der Waals surface area contributed by atoms with Gasteiger partial charge in [0.2, 0.25) is 11.8 Å². The van der Waals surface area contributed by atoms with Gasteiger partial charge in [-0.1, -0.05) is 0 Å². The van der Waals surface area contributed by atoms with E-state index in [1.807, 2.05) is 10.9 Å². The van der Waals surface area contributed by atoms with Gasteiger partial charge in [0.15, 0.2) is 0 Å². The summed E-state index contributed by atoms with van der Waals surface area (Å²) in [6, 6.07) is 3.66. The van der Waals surface area contributed by atoms with E-state index in [4.69, 9.17) is 4.74 Å². The van der Waals surface area contributed by atoms with Crippen LogP contribution in [0.5, 0.6) is 5.88 Å². The Balaban J connectivity index is 1.75. The van der Waals surface area contributed by atoms with Crippen molar-refractivity contribution in [3.05, 3.63) is 30.2 Å². The minimum Gasteiger partial charge on any atom is -0.481 e. The van der Waals surface area contributed by atoms with E-state index < -0.39 is 0 Å². The molecule has 1 N–H and O–H groups in total. The van der Waals surface area contributed by atoms with Crippen molar-refractivity contribution in [3.63, 3.8) is 0 Å². The van der Waals surface area contributed by atoms with E-state index in [0.29, 0.717) is 17.5 Å². The molecule has 1 atom stereocenters. The Labute approximate surface area is 134 Å². The smallest absolute Gasteiger partial charge is 0.271 e. The van der Waals surface area contributed by atoms with Crippen molar-refractivity contribution < 1.29 is 9.53 Å². The number of methoxy groups -OCH3 is 1. The highest BCUT2D eigenvalue weighted by Crippen LogP contribution is 2.24. The monoisotopic (exact) mass is 316 g/mol. The molecule has 0 bridgehead atoms. The highest BCUT2D eigenvalue weighted by Gasteiger charge is 2.24. The lowest BCUT2D eigenvalue weighted by Gasteiger charge is -2.32. The number of rotatable bonds is 4. The van der Waals surface area contributed by atoms with E-state index in [0.717, 1.165) is 25.9 Å². The number of nitrogens with one attached hydrogen (secondary N) is 1. The van der Waals surface area contributed by atoms with Gasteiger partial charge in [-0.15, -0.1) is 0 Å². The molecule has 23 heavy (non-hydrogen) atoms. The average Bonchev–Trinajstić information content (AvgIpc) is 3.11. The fourth-order valence-corrected chi connectivity index (χ4v) is 2.74. The molecule has 8 nitrogen and oxygen atoms in total. The minimum atomic E-state index is -0.174. The minimum absolute atomic E-state index is 0.174. The lowest BCUT2D eigenvalue weighted by Crippen LogP contribution is -2.38. The van der Waals surface area contributed by atoms with Crippen molar-refractivity contribution in [2.24, 2.45) is 0 Å². The number of hydrogen-bond acceptors (Lipinski definition) is 6. The van der Waals surface area contributed by atoms with Crippen molar-refractivity contribution in [3.8, 4) is 5.88 Å².